The first kappa shape index (κ1) is 24.1. The fourth-order valence-electron chi connectivity index (χ4n) is 6.25. The van der Waals surface area contributed by atoms with Gasteiger partial charge in [-0.05, 0) is 43.0 Å². The van der Waals surface area contributed by atoms with E-state index in [9.17, 15) is 14.9 Å². The molecule has 3 N–H and O–H groups in total. The standard InChI is InChI=1S/C28H33N5O3/c1-36-17-25-20-14-15-33(26(20)19-9-3-6-12-23(19)30-25)27(34)21-10-4-7-13-24(21)32-28(35)31-22-11-5-2-8-18(22)16-29/h2-3,5-6,8-9,11-12,20-21,24-26,30H,4,7,10,13-15,17H2,1H3,(H2,31,32,35)/t20-,21+,24-,25+,26+/m1/s1. The van der Waals surface area contributed by atoms with Crippen LogP contribution in [0.5, 0.6) is 0 Å². The summed E-state index contributed by atoms with van der Waals surface area (Å²) in [6.07, 6.45) is 4.38. The van der Waals surface area contributed by atoms with Crippen LogP contribution in [0.25, 0.3) is 0 Å². The molecule has 2 aromatic carbocycles. The molecule has 1 aliphatic carbocycles. The summed E-state index contributed by atoms with van der Waals surface area (Å²) in [5.41, 5.74) is 3.09. The fourth-order valence-corrected chi connectivity index (χ4v) is 6.25. The highest BCUT2D eigenvalue weighted by molar-refractivity contribution is 5.91. The molecule has 2 aromatic rings. The first-order valence-electron chi connectivity index (χ1n) is 12.8. The van der Waals surface area contributed by atoms with E-state index >= 15 is 0 Å². The summed E-state index contributed by atoms with van der Waals surface area (Å²) in [5, 5.41) is 18.8. The van der Waals surface area contributed by atoms with Gasteiger partial charge in [-0.1, -0.05) is 43.2 Å². The molecule has 2 aliphatic heterocycles. The monoisotopic (exact) mass is 487 g/mol. The van der Waals surface area contributed by atoms with Crippen molar-refractivity contribution in [2.45, 2.75) is 50.2 Å². The van der Waals surface area contributed by atoms with E-state index in [4.69, 9.17) is 4.74 Å². The lowest BCUT2D eigenvalue weighted by Crippen LogP contribution is -2.51. The minimum absolute atomic E-state index is 0.00834. The van der Waals surface area contributed by atoms with Gasteiger partial charge in [0, 0.05) is 31.3 Å². The van der Waals surface area contributed by atoms with Gasteiger partial charge in [0.1, 0.15) is 6.07 Å². The van der Waals surface area contributed by atoms with E-state index in [1.54, 1.807) is 31.4 Å². The van der Waals surface area contributed by atoms with E-state index in [0.29, 0.717) is 24.4 Å². The third kappa shape index (κ3) is 4.63. The summed E-state index contributed by atoms with van der Waals surface area (Å²) in [7, 11) is 1.72. The Morgan fingerprint density at radius 2 is 1.89 bits per heavy atom. The maximum absolute atomic E-state index is 14.0. The maximum Gasteiger partial charge on any atom is 0.319 e. The van der Waals surface area contributed by atoms with Crippen molar-refractivity contribution in [2.24, 2.45) is 11.8 Å². The van der Waals surface area contributed by atoms with Crippen molar-refractivity contribution in [2.75, 3.05) is 30.9 Å². The molecule has 188 valence electrons. The molecule has 36 heavy (non-hydrogen) atoms. The highest BCUT2D eigenvalue weighted by Gasteiger charge is 2.48. The summed E-state index contributed by atoms with van der Waals surface area (Å²) in [6.45, 7) is 1.30. The van der Waals surface area contributed by atoms with Crippen molar-refractivity contribution < 1.29 is 14.3 Å². The first-order valence-corrected chi connectivity index (χ1v) is 12.8. The average molecular weight is 488 g/mol. The number of urea groups is 1. The lowest BCUT2D eigenvalue weighted by molar-refractivity contribution is -0.138. The molecular weight excluding hydrogens is 454 g/mol. The van der Waals surface area contributed by atoms with Gasteiger partial charge in [0.25, 0.3) is 0 Å². The number of ether oxygens (including phenoxy) is 1. The van der Waals surface area contributed by atoms with Gasteiger partial charge >= 0.3 is 6.03 Å². The SMILES string of the molecule is COC[C@@H]1Nc2ccccc2[C@H]2[C@@H]1CCN2C(=O)[C@H]1CCCC[C@H]1NC(=O)Nc1ccccc1C#N. The van der Waals surface area contributed by atoms with Crippen LogP contribution in [0.4, 0.5) is 16.2 Å². The average Bonchev–Trinajstić information content (AvgIpc) is 3.35. The van der Waals surface area contributed by atoms with Crippen LogP contribution in [-0.4, -0.2) is 49.2 Å². The Labute approximate surface area is 212 Å². The Balaban J connectivity index is 1.34. The van der Waals surface area contributed by atoms with Crippen LogP contribution in [-0.2, 0) is 9.53 Å². The summed E-state index contributed by atoms with van der Waals surface area (Å²) < 4.78 is 5.50. The van der Waals surface area contributed by atoms with Crippen LogP contribution < -0.4 is 16.0 Å². The number of methoxy groups -OCH3 is 1. The second kappa shape index (κ2) is 10.6. The largest absolute Gasteiger partial charge is 0.383 e. The summed E-state index contributed by atoms with van der Waals surface area (Å²) in [4.78, 5) is 29.0. The molecule has 2 fully saturated rings. The molecule has 0 aromatic heterocycles. The second-order valence-electron chi connectivity index (χ2n) is 9.98. The van der Waals surface area contributed by atoms with Gasteiger partial charge in [0.05, 0.1) is 35.9 Å². The molecule has 0 unspecified atom stereocenters. The van der Waals surface area contributed by atoms with Gasteiger partial charge in [-0.25, -0.2) is 4.79 Å². The number of nitrogens with zero attached hydrogens (tertiary/aromatic N) is 2. The van der Waals surface area contributed by atoms with Crippen molar-refractivity contribution in [3.8, 4) is 6.07 Å². The molecule has 8 nitrogen and oxygen atoms in total. The van der Waals surface area contributed by atoms with Crippen LogP contribution in [0.2, 0.25) is 0 Å². The molecule has 8 heteroatoms. The number of carbonyl (C=O) groups is 2. The van der Waals surface area contributed by atoms with E-state index in [0.717, 1.165) is 43.4 Å². The number of para-hydroxylation sites is 2. The number of benzene rings is 2. The molecule has 3 amide bonds. The van der Waals surface area contributed by atoms with E-state index in [2.05, 4.69) is 39.1 Å². The number of hydrogen-bond acceptors (Lipinski definition) is 5. The molecule has 1 saturated carbocycles. The van der Waals surface area contributed by atoms with E-state index in [1.165, 1.54) is 0 Å². The van der Waals surface area contributed by atoms with E-state index < -0.39 is 0 Å². The maximum atomic E-state index is 14.0. The van der Waals surface area contributed by atoms with Crippen molar-refractivity contribution >= 4 is 23.3 Å². The van der Waals surface area contributed by atoms with Gasteiger partial charge < -0.3 is 25.6 Å². The molecule has 1 saturated heterocycles. The van der Waals surface area contributed by atoms with Gasteiger partial charge in [0.15, 0.2) is 0 Å². The van der Waals surface area contributed by atoms with Crippen molar-refractivity contribution in [1.82, 2.24) is 10.2 Å². The molecule has 5 rings (SSSR count). The first-order chi connectivity index (χ1) is 17.6. The van der Waals surface area contributed by atoms with Gasteiger partial charge in [-0.15, -0.1) is 0 Å². The highest BCUT2D eigenvalue weighted by atomic mass is 16.5. The third-order valence-electron chi connectivity index (χ3n) is 7.91. The topological polar surface area (TPSA) is 106 Å². The molecule has 2 heterocycles. The smallest absolute Gasteiger partial charge is 0.319 e. The number of amides is 3. The van der Waals surface area contributed by atoms with E-state index in [-0.39, 0.29) is 41.9 Å². The van der Waals surface area contributed by atoms with Crippen LogP contribution >= 0.6 is 0 Å². The Morgan fingerprint density at radius 3 is 2.72 bits per heavy atom. The minimum Gasteiger partial charge on any atom is -0.383 e. The van der Waals surface area contributed by atoms with E-state index in [1.807, 2.05) is 12.1 Å². The zero-order valence-electron chi connectivity index (χ0n) is 20.6. The second-order valence-corrected chi connectivity index (χ2v) is 9.98. The number of likely N-dealkylation sites (tertiary alicyclic amines) is 1. The summed E-state index contributed by atoms with van der Waals surface area (Å²) >= 11 is 0. The Morgan fingerprint density at radius 1 is 1.11 bits per heavy atom. The number of hydrogen-bond donors (Lipinski definition) is 3. The fraction of sp³-hybridized carbons (Fsp3) is 0.464. The third-order valence-corrected chi connectivity index (χ3v) is 7.91. The lowest BCUT2D eigenvalue weighted by atomic mass is 9.81. The molecule has 0 bridgehead atoms. The number of anilines is 2. The van der Waals surface area contributed by atoms with Crippen LogP contribution in [0.15, 0.2) is 48.5 Å². The van der Waals surface area contributed by atoms with Crippen LogP contribution in [0, 0.1) is 23.2 Å². The molecule has 0 radical (unpaired) electrons. The molecule has 3 aliphatic rings. The number of nitriles is 1. The molecule has 5 atom stereocenters. The Hall–Kier alpha value is -3.57. The van der Waals surface area contributed by atoms with Crippen molar-refractivity contribution in [1.29, 1.82) is 5.26 Å². The molecular formula is C28H33N5O3. The highest BCUT2D eigenvalue weighted by Crippen LogP contribution is 2.47. The lowest BCUT2D eigenvalue weighted by Gasteiger charge is -2.41. The Kier molecular flexibility index (Phi) is 7.10. The van der Waals surface area contributed by atoms with Crippen molar-refractivity contribution in [3.05, 3.63) is 59.7 Å². The quantitative estimate of drug-likeness (QED) is 0.584. The van der Waals surface area contributed by atoms with Gasteiger partial charge in [-0.2, -0.15) is 5.26 Å². The number of carbonyl (C=O) groups excluding carboxylic acids is 2. The molecule has 0 spiro atoms. The number of fused-ring (bicyclic) bond motifs is 3. The van der Waals surface area contributed by atoms with Gasteiger partial charge in [0.2, 0.25) is 5.91 Å². The zero-order chi connectivity index (χ0) is 25.1. The van der Waals surface area contributed by atoms with Crippen LogP contribution in [0.3, 0.4) is 0 Å². The number of nitrogens with one attached hydrogen (secondary N) is 3. The van der Waals surface area contributed by atoms with Crippen molar-refractivity contribution in [3.63, 3.8) is 0 Å². The van der Waals surface area contributed by atoms with Crippen LogP contribution in [0.1, 0.15) is 49.3 Å². The zero-order valence-corrected chi connectivity index (χ0v) is 20.6. The summed E-state index contributed by atoms with van der Waals surface area (Å²) in [5.74, 6) is 0.139. The predicted molar refractivity (Wildman–Crippen MR) is 137 cm³/mol. The summed E-state index contributed by atoms with van der Waals surface area (Å²) in [6, 6.07) is 16.8. The number of rotatable bonds is 5. The minimum atomic E-state index is -0.380. The predicted octanol–water partition coefficient (Wildman–Crippen LogP) is 4.27. The normalized spacial score (nSPS) is 26.7. The Bertz CT molecular complexity index is 1160. The van der Waals surface area contributed by atoms with Gasteiger partial charge in [-0.3, -0.25) is 4.79 Å².